The van der Waals surface area contributed by atoms with Crippen molar-refractivity contribution in [3.8, 4) is 11.3 Å². The molecular weight excluding hydrogens is 537 g/mol. The van der Waals surface area contributed by atoms with Gasteiger partial charge in [0, 0.05) is 24.7 Å². The van der Waals surface area contributed by atoms with Crippen LogP contribution in [0, 0.1) is 0 Å². The van der Waals surface area contributed by atoms with Crippen molar-refractivity contribution >= 4 is 69.5 Å². The van der Waals surface area contributed by atoms with Crippen molar-refractivity contribution in [2.24, 2.45) is 0 Å². The van der Waals surface area contributed by atoms with Gasteiger partial charge in [-0.15, -0.1) is 0 Å². The van der Waals surface area contributed by atoms with Gasteiger partial charge in [0.1, 0.15) is 18.1 Å². The number of amides is 3. The number of ether oxygens (including phenoxy) is 1. The summed E-state index contributed by atoms with van der Waals surface area (Å²) in [5.74, 6) is -0.206. The highest BCUT2D eigenvalue weighted by atomic mass is 35.5. The van der Waals surface area contributed by atoms with Gasteiger partial charge < -0.3 is 19.4 Å². The number of benzene rings is 2. The Morgan fingerprint density at radius 3 is 2.62 bits per heavy atom. The van der Waals surface area contributed by atoms with Gasteiger partial charge in [0.15, 0.2) is 0 Å². The molecule has 190 valence electrons. The topological polar surface area (TPSA) is 92.1 Å². The van der Waals surface area contributed by atoms with E-state index in [-0.39, 0.29) is 4.91 Å². The summed E-state index contributed by atoms with van der Waals surface area (Å²) in [4.78, 5) is 41.5. The molecule has 0 saturated carbocycles. The normalized spacial score (nSPS) is 17.1. The second kappa shape index (κ2) is 11.0. The molecule has 0 atom stereocenters. The molecule has 3 heterocycles. The monoisotopic (exact) mass is 557 g/mol. The molecule has 2 fully saturated rings. The predicted octanol–water partition coefficient (Wildman–Crippen LogP) is 5.77. The lowest BCUT2D eigenvalue weighted by atomic mass is 10.2. The van der Waals surface area contributed by atoms with Crippen LogP contribution in [0.5, 0.6) is 0 Å². The molecule has 1 N–H and O–H groups in total. The maximum absolute atomic E-state index is 12.9. The van der Waals surface area contributed by atoms with E-state index >= 15 is 0 Å². The third kappa shape index (κ3) is 5.55. The number of carbonyl (C=O) groups is 3. The van der Waals surface area contributed by atoms with E-state index in [4.69, 9.17) is 32.4 Å². The summed E-state index contributed by atoms with van der Waals surface area (Å²) >= 11 is 13.1. The number of para-hydroxylation sites is 2. The molecular formula is C26H21Cl2N3O5S. The number of hydrogen-bond acceptors (Lipinski definition) is 7. The lowest BCUT2D eigenvalue weighted by molar-refractivity contribution is -0.127. The van der Waals surface area contributed by atoms with Crippen LogP contribution >= 0.6 is 35.0 Å². The van der Waals surface area contributed by atoms with Crippen LogP contribution in [0.1, 0.15) is 5.76 Å². The van der Waals surface area contributed by atoms with Crippen molar-refractivity contribution in [2.45, 2.75) is 0 Å². The van der Waals surface area contributed by atoms with Gasteiger partial charge in [-0.1, -0.05) is 41.4 Å². The van der Waals surface area contributed by atoms with Crippen LogP contribution in [0.15, 0.2) is 63.9 Å². The lowest BCUT2D eigenvalue weighted by Crippen LogP contribution is -2.38. The van der Waals surface area contributed by atoms with Gasteiger partial charge in [-0.25, -0.2) is 0 Å². The van der Waals surface area contributed by atoms with Crippen molar-refractivity contribution < 1.29 is 23.5 Å². The summed E-state index contributed by atoms with van der Waals surface area (Å²) in [6.07, 6.45) is 1.47. The van der Waals surface area contributed by atoms with E-state index in [0.717, 1.165) is 22.3 Å². The van der Waals surface area contributed by atoms with Crippen LogP contribution in [0.4, 0.5) is 16.2 Å². The van der Waals surface area contributed by atoms with Gasteiger partial charge >= 0.3 is 0 Å². The van der Waals surface area contributed by atoms with Crippen molar-refractivity contribution in [1.82, 2.24) is 4.90 Å². The number of carbonyl (C=O) groups excluding carboxylic acids is 3. The molecule has 2 saturated heterocycles. The minimum absolute atomic E-state index is 0.157. The molecule has 2 aliphatic heterocycles. The highest BCUT2D eigenvalue weighted by Gasteiger charge is 2.36. The molecule has 11 heteroatoms. The first-order chi connectivity index (χ1) is 17.9. The minimum atomic E-state index is -0.564. The van der Waals surface area contributed by atoms with Crippen LogP contribution in [-0.2, 0) is 14.3 Å². The number of anilines is 2. The van der Waals surface area contributed by atoms with Crippen molar-refractivity contribution in [3.05, 3.63) is 75.3 Å². The third-order valence-corrected chi connectivity index (χ3v) is 7.55. The number of nitrogens with one attached hydrogen (secondary N) is 1. The standard InChI is InChI=1S/C26H21Cl2N3O5S/c27-18-5-3-4-17(24(18)28)21-9-8-16(36-21)14-22-25(33)31(26(34)37-22)15-23(32)29-19-6-1-2-7-20(19)30-10-12-35-13-11-30/h1-9,14H,10-13,15H2,(H,29,32)/b22-14+. The van der Waals surface area contributed by atoms with E-state index in [2.05, 4.69) is 10.2 Å². The molecule has 3 amide bonds. The van der Waals surface area contributed by atoms with E-state index in [9.17, 15) is 14.4 Å². The summed E-state index contributed by atoms with van der Waals surface area (Å²) in [7, 11) is 0. The number of halogens is 2. The van der Waals surface area contributed by atoms with Gasteiger partial charge in [-0.05, 0) is 48.2 Å². The Hall–Kier alpha value is -3.24. The molecule has 5 rings (SSSR count). The Morgan fingerprint density at radius 2 is 1.81 bits per heavy atom. The molecule has 37 heavy (non-hydrogen) atoms. The summed E-state index contributed by atoms with van der Waals surface area (Å²) in [5, 5.41) is 3.05. The number of furan rings is 1. The largest absolute Gasteiger partial charge is 0.457 e. The van der Waals surface area contributed by atoms with Gasteiger partial charge in [0.25, 0.3) is 11.1 Å². The first kappa shape index (κ1) is 25.4. The van der Waals surface area contributed by atoms with Gasteiger partial charge in [0.05, 0.1) is 39.5 Å². The van der Waals surface area contributed by atoms with Crippen LogP contribution in [-0.4, -0.2) is 54.8 Å². The SMILES string of the molecule is O=C(CN1C(=O)S/C(=C/c2ccc(-c3cccc(Cl)c3Cl)o2)C1=O)Nc1ccccc1N1CCOCC1. The van der Waals surface area contributed by atoms with Crippen molar-refractivity contribution in [1.29, 1.82) is 0 Å². The number of hydrogen-bond donors (Lipinski definition) is 1. The highest BCUT2D eigenvalue weighted by Crippen LogP contribution is 2.36. The first-order valence-electron chi connectivity index (χ1n) is 11.4. The van der Waals surface area contributed by atoms with Gasteiger partial charge in [0.2, 0.25) is 5.91 Å². The molecule has 3 aromatic rings. The Labute approximate surface area is 227 Å². The summed E-state index contributed by atoms with van der Waals surface area (Å²) < 4.78 is 11.2. The average molecular weight is 558 g/mol. The predicted molar refractivity (Wildman–Crippen MR) is 145 cm³/mol. The smallest absolute Gasteiger partial charge is 0.294 e. The van der Waals surface area contributed by atoms with E-state index < -0.39 is 23.6 Å². The zero-order chi connectivity index (χ0) is 25.9. The Balaban J connectivity index is 1.27. The summed E-state index contributed by atoms with van der Waals surface area (Å²) in [6, 6.07) is 16.0. The maximum Gasteiger partial charge on any atom is 0.294 e. The fourth-order valence-corrected chi connectivity index (χ4v) is 5.24. The Kier molecular flexibility index (Phi) is 7.57. The molecule has 0 radical (unpaired) electrons. The maximum atomic E-state index is 12.9. The van der Waals surface area contributed by atoms with Crippen molar-refractivity contribution in [3.63, 3.8) is 0 Å². The molecule has 0 unspecified atom stereocenters. The van der Waals surface area contributed by atoms with E-state index in [1.165, 1.54) is 6.08 Å². The molecule has 0 bridgehead atoms. The number of imide groups is 1. The quantitative estimate of drug-likeness (QED) is 0.385. The second-order valence-corrected chi connectivity index (χ2v) is 10.0. The summed E-state index contributed by atoms with van der Waals surface area (Å²) in [5.41, 5.74) is 2.08. The Morgan fingerprint density at radius 1 is 1.03 bits per heavy atom. The average Bonchev–Trinajstić information content (AvgIpc) is 3.46. The zero-order valence-corrected chi connectivity index (χ0v) is 21.7. The van der Waals surface area contributed by atoms with Crippen LogP contribution in [0.25, 0.3) is 17.4 Å². The number of thioether (sulfide) groups is 1. The molecule has 1 aromatic heterocycles. The number of morpholine rings is 1. The van der Waals surface area contributed by atoms with Gasteiger partial charge in [-0.2, -0.15) is 0 Å². The van der Waals surface area contributed by atoms with Crippen molar-refractivity contribution in [2.75, 3.05) is 43.1 Å². The van der Waals surface area contributed by atoms with Gasteiger partial charge in [-0.3, -0.25) is 19.3 Å². The minimum Gasteiger partial charge on any atom is -0.457 e. The van der Waals surface area contributed by atoms with E-state index in [1.807, 2.05) is 18.2 Å². The van der Waals surface area contributed by atoms with Crippen LogP contribution < -0.4 is 10.2 Å². The molecule has 0 spiro atoms. The molecule has 2 aliphatic rings. The summed E-state index contributed by atoms with van der Waals surface area (Å²) in [6.45, 7) is 2.22. The fraction of sp³-hybridized carbons (Fsp3) is 0.192. The van der Waals surface area contributed by atoms with E-state index in [0.29, 0.717) is 59.1 Å². The van der Waals surface area contributed by atoms with E-state index in [1.54, 1.807) is 36.4 Å². The first-order valence-corrected chi connectivity index (χ1v) is 13.0. The number of rotatable bonds is 6. The second-order valence-electron chi connectivity index (χ2n) is 8.24. The zero-order valence-electron chi connectivity index (χ0n) is 19.4. The fourth-order valence-electron chi connectivity index (χ4n) is 4.03. The van der Waals surface area contributed by atoms with Crippen LogP contribution in [0.3, 0.4) is 0 Å². The molecule has 8 nitrogen and oxygen atoms in total. The lowest BCUT2D eigenvalue weighted by Gasteiger charge is -2.30. The van der Waals surface area contributed by atoms with Crippen LogP contribution in [0.2, 0.25) is 10.0 Å². The Bertz CT molecular complexity index is 1400. The number of nitrogens with zero attached hydrogens (tertiary/aromatic N) is 2. The molecule has 2 aromatic carbocycles. The third-order valence-electron chi connectivity index (χ3n) is 5.82. The molecule has 0 aliphatic carbocycles. The highest BCUT2D eigenvalue weighted by molar-refractivity contribution is 8.18.